The highest BCUT2D eigenvalue weighted by molar-refractivity contribution is 6.04. The van der Waals surface area contributed by atoms with Gasteiger partial charge in [0.1, 0.15) is 6.61 Å². The van der Waals surface area contributed by atoms with Crippen LogP contribution < -0.4 is 4.74 Å². The van der Waals surface area contributed by atoms with Gasteiger partial charge in [0, 0.05) is 11.0 Å². The summed E-state index contributed by atoms with van der Waals surface area (Å²) in [7, 11) is 1.57. The van der Waals surface area contributed by atoms with Crippen LogP contribution in [-0.2, 0) is 11.4 Å². The van der Waals surface area contributed by atoms with Gasteiger partial charge in [-0.05, 0) is 85.3 Å². The first-order valence-electron chi connectivity index (χ1n) is 11.8. The largest absolute Gasteiger partial charge is 0.504 e. The third-order valence-electron chi connectivity index (χ3n) is 8.28. The van der Waals surface area contributed by atoms with Crippen LogP contribution in [-0.4, -0.2) is 28.8 Å². The summed E-state index contributed by atoms with van der Waals surface area (Å²) < 4.78 is 5.43. The molecule has 0 amide bonds. The smallest absolute Gasteiger partial charge is 0.160 e. The third-order valence-corrected chi connectivity index (χ3v) is 8.28. The number of phenolic OH excluding ortho intramolecular Hbond substituents is 1. The Morgan fingerprint density at radius 1 is 1.21 bits per heavy atom. The normalized spacial score (nSPS) is 29.7. The van der Waals surface area contributed by atoms with Crippen molar-refractivity contribution in [2.45, 2.75) is 51.6 Å². The fraction of sp³-hybridized carbons (Fsp3) is 0.444. The van der Waals surface area contributed by atoms with Gasteiger partial charge in [0.25, 0.3) is 0 Å². The van der Waals surface area contributed by atoms with E-state index in [2.05, 4.69) is 23.3 Å². The zero-order valence-corrected chi connectivity index (χ0v) is 19.5. The minimum Gasteiger partial charge on any atom is -0.504 e. The Hall–Kier alpha value is -3.53. The molecule has 0 aromatic heterocycles. The van der Waals surface area contributed by atoms with Crippen LogP contribution in [0.1, 0.15) is 67.2 Å². The monoisotopic (exact) mass is 459 g/mol. The summed E-state index contributed by atoms with van der Waals surface area (Å²) in [5, 5.41) is 37.3. The number of fused-ring (bicyclic) bond motifs is 5. The van der Waals surface area contributed by atoms with E-state index in [9.17, 15) is 10.3 Å². The maximum atomic E-state index is 10.5. The van der Waals surface area contributed by atoms with Crippen molar-refractivity contribution in [1.29, 1.82) is 5.26 Å². The topological polar surface area (TPSA) is 107 Å². The number of ether oxygens (including phenoxy) is 1. The van der Waals surface area contributed by atoms with E-state index in [0.29, 0.717) is 35.7 Å². The molecule has 0 spiro atoms. The van der Waals surface area contributed by atoms with Gasteiger partial charge in [-0.15, -0.1) is 0 Å². The second-order valence-electron chi connectivity index (χ2n) is 9.85. The van der Waals surface area contributed by atoms with Gasteiger partial charge in [-0.25, -0.2) is 0 Å². The van der Waals surface area contributed by atoms with Gasteiger partial charge in [-0.2, -0.15) is 5.26 Å². The first-order chi connectivity index (χ1) is 16.5. The van der Waals surface area contributed by atoms with Gasteiger partial charge in [-0.1, -0.05) is 29.4 Å². The zero-order chi connectivity index (χ0) is 23.9. The Morgan fingerprint density at radius 3 is 2.71 bits per heavy atom. The zero-order valence-electron chi connectivity index (χ0n) is 19.5. The minimum absolute atomic E-state index is 0.0932. The molecule has 0 bridgehead atoms. The van der Waals surface area contributed by atoms with Crippen molar-refractivity contribution < 1.29 is 19.9 Å². The molecule has 3 aliphatic carbocycles. The number of nitrogens with zero attached hydrogens (tertiary/aromatic N) is 3. The van der Waals surface area contributed by atoms with Gasteiger partial charge >= 0.3 is 0 Å². The molecule has 2 saturated carbocycles. The quantitative estimate of drug-likeness (QED) is 0.474. The highest BCUT2D eigenvalue weighted by Gasteiger charge is 2.54. The molecule has 0 unspecified atom stereocenters. The molecule has 2 fully saturated rings. The summed E-state index contributed by atoms with van der Waals surface area (Å²) in [5.41, 5.74) is 5.24. The Labute approximate surface area is 199 Å². The van der Waals surface area contributed by atoms with Crippen molar-refractivity contribution in [3.05, 3.63) is 58.7 Å². The number of benzene rings is 2. The number of phenols is 1. The molecule has 0 radical (unpaired) electrons. The van der Waals surface area contributed by atoms with Crippen LogP contribution in [0.4, 0.5) is 0 Å². The van der Waals surface area contributed by atoms with Crippen LogP contribution in [0, 0.1) is 28.6 Å². The van der Waals surface area contributed by atoms with Crippen LogP contribution in [0.25, 0.3) is 0 Å². The molecule has 3 aliphatic rings. The molecule has 0 saturated heterocycles. The molecular formula is C27H29N3O4. The number of aromatic hydroxyl groups is 1. The molecule has 7 nitrogen and oxygen atoms in total. The maximum absolute atomic E-state index is 10.5. The van der Waals surface area contributed by atoms with E-state index in [1.807, 2.05) is 18.2 Å². The van der Waals surface area contributed by atoms with Crippen molar-refractivity contribution in [3.63, 3.8) is 0 Å². The summed E-state index contributed by atoms with van der Waals surface area (Å²) in [6.45, 7) is 2.53. The van der Waals surface area contributed by atoms with Crippen molar-refractivity contribution in [1.82, 2.24) is 0 Å². The summed E-state index contributed by atoms with van der Waals surface area (Å²) in [6, 6.07) is 13.1. The third kappa shape index (κ3) is 3.58. The van der Waals surface area contributed by atoms with Crippen molar-refractivity contribution in [2.24, 2.45) is 27.6 Å². The number of methoxy groups -OCH3 is 1. The lowest BCUT2D eigenvalue weighted by Gasteiger charge is -2.48. The summed E-state index contributed by atoms with van der Waals surface area (Å²) in [4.78, 5) is 5.77. The average Bonchev–Trinajstić information content (AvgIpc) is 3.20. The summed E-state index contributed by atoms with van der Waals surface area (Å²) in [6.07, 6.45) is 4.53. The highest BCUT2D eigenvalue weighted by Crippen LogP contribution is 2.60. The van der Waals surface area contributed by atoms with E-state index >= 15 is 0 Å². The number of rotatable bonds is 4. The molecule has 4 atom stereocenters. The first-order valence-corrected chi connectivity index (χ1v) is 11.8. The predicted molar refractivity (Wildman–Crippen MR) is 127 cm³/mol. The van der Waals surface area contributed by atoms with Gasteiger partial charge in [0.15, 0.2) is 11.5 Å². The fourth-order valence-electron chi connectivity index (χ4n) is 6.50. The number of oxime groups is 2. The molecule has 0 aliphatic heterocycles. The van der Waals surface area contributed by atoms with E-state index in [0.717, 1.165) is 60.2 Å². The van der Waals surface area contributed by atoms with E-state index in [1.165, 1.54) is 0 Å². The van der Waals surface area contributed by atoms with Crippen LogP contribution in [0.5, 0.6) is 11.5 Å². The number of hydrogen-bond acceptors (Lipinski definition) is 7. The second kappa shape index (κ2) is 8.68. The Kier molecular flexibility index (Phi) is 5.68. The Bertz CT molecular complexity index is 1200. The van der Waals surface area contributed by atoms with Gasteiger partial charge < -0.3 is 19.9 Å². The average molecular weight is 460 g/mol. The lowest BCUT2D eigenvalue weighted by atomic mass is 9.55. The van der Waals surface area contributed by atoms with Crippen molar-refractivity contribution in [3.8, 4) is 17.6 Å². The first kappa shape index (κ1) is 22.3. The molecule has 5 rings (SSSR count). The van der Waals surface area contributed by atoms with Crippen LogP contribution >= 0.6 is 0 Å². The lowest BCUT2D eigenvalue weighted by molar-refractivity contribution is 0.103. The molecule has 34 heavy (non-hydrogen) atoms. The van der Waals surface area contributed by atoms with Crippen LogP contribution in [0.15, 0.2) is 46.7 Å². The van der Waals surface area contributed by atoms with E-state index in [1.54, 1.807) is 25.3 Å². The van der Waals surface area contributed by atoms with Crippen LogP contribution in [0.3, 0.4) is 0 Å². The van der Waals surface area contributed by atoms with Gasteiger partial charge in [-0.3, -0.25) is 0 Å². The minimum atomic E-state index is -0.0944. The number of hydrogen-bond donors (Lipinski definition) is 2. The molecule has 0 heterocycles. The predicted octanol–water partition coefficient (Wildman–Crippen LogP) is 5.34. The second-order valence-corrected chi connectivity index (χ2v) is 9.85. The molecule has 2 aromatic rings. The Morgan fingerprint density at radius 2 is 2.00 bits per heavy atom. The van der Waals surface area contributed by atoms with Crippen molar-refractivity contribution >= 4 is 11.4 Å². The van der Waals surface area contributed by atoms with Crippen molar-refractivity contribution in [2.75, 3.05) is 7.11 Å². The number of nitriles is 1. The molecular weight excluding hydrogens is 430 g/mol. The highest BCUT2D eigenvalue weighted by atomic mass is 16.6. The Balaban J connectivity index is 1.48. The van der Waals surface area contributed by atoms with E-state index in [-0.39, 0.29) is 11.2 Å². The maximum Gasteiger partial charge on any atom is 0.160 e. The van der Waals surface area contributed by atoms with E-state index in [4.69, 9.17) is 14.8 Å². The molecule has 176 valence electrons. The standard InChI is InChI=1S/C27H29N3O4/c1-27-10-9-18-19-13-25(33-2)24(31)12-21(19)23(11-20(18)22(27)7-8-26(27)29-32)30-34-15-17-5-3-16(14-28)4-6-17/h3-6,12-13,18,20,22,31-32H,7-11,15H2,1-2H3/t18-,20-,22+,27+/m1/s1. The molecule has 2 N–H and O–H groups in total. The lowest BCUT2D eigenvalue weighted by Crippen LogP contribution is -2.43. The SMILES string of the molecule is COc1cc2c(cc1O)C(=NOCc1ccc(C#N)cc1)C[C@@H]1[C@@H]2CC[C@]2(C)C(=NO)CC[C@@H]12. The summed E-state index contributed by atoms with van der Waals surface area (Å²) in [5.74, 6) is 1.63. The molecule has 2 aromatic carbocycles. The van der Waals surface area contributed by atoms with Gasteiger partial charge in [0.05, 0.1) is 30.2 Å². The molecule has 7 heteroatoms. The fourth-order valence-corrected chi connectivity index (χ4v) is 6.50. The van der Waals surface area contributed by atoms with Gasteiger partial charge in [0.2, 0.25) is 0 Å². The summed E-state index contributed by atoms with van der Waals surface area (Å²) >= 11 is 0. The van der Waals surface area contributed by atoms with Crippen LogP contribution in [0.2, 0.25) is 0 Å². The van der Waals surface area contributed by atoms with E-state index < -0.39 is 0 Å².